The summed E-state index contributed by atoms with van der Waals surface area (Å²) in [5.74, 6) is -1.05. The molecule has 23 heavy (non-hydrogen) atoms. The Morgan fingerprint density at radius 3 is 2.39 bits per heavy atom. The van der Waals surface area contributed by atoms with Crippen molar-refractivity contribution >= 4 is 29.4 Å². The number of amides is 1. The maximum Gasteiger partial charge on any atom is 0.308 e. The highest BCUT2D eigenvalue weighted by Crippen LogP contribution is 2.35. The molecule has 1 amide bonds. The number of likely N-dealkylation sites (N-methyl/N-ethyl adjacent to an activating group) is 1. The zero-order chi connectivity index (χ0) is 17.1. The van der Waals surface area contributed by atoms with Crippen molar-refractivity contribution in [1.82, 2.24) is 4.90 Å². The van der Waals surface area contributed by atoms with Crippen LogP contribution >= 0.6 is 11.8 Å². The first-order chi connectivity index (χ1) is 10.9. The van der Waals surface area contributed by atoms with Gasteiger partial charge in [-0.2, -0.15) is 0 Å². The Bertz CT molecular complexity index is 678. The van der Waals surface area contributed by atoms with E-state index in [4.69, 9.17) is 5.11 Å². The molecule has 1 aliphatic rings. The predicted octanol–water partition coefficient (Wildman–Crippen LogP) is 2.50. The third-order valence-corrected chi connectivity index (χ3v) is 4.91. The quantitative estimate of drug-likeness (QED) is 0.810. The molecular formula is C17H19NO4S. The summed E-state index contributed by atoms with van der Waals surface area (Å²) in [4.78, 5) is 37.8. The van der Waals surface area contributed by atoms with Crippen LogP contribution in [0.15, 0.2) is 35.4 Å². The molecule has 1 aromatic carbocycles. The minimum absolute atomic E-state index is 0.0940. The molecular weight excluding hydrogens is 314 g/mol. The molecule has 122 valence electrons. The molecule has 0 aromatic heterocycles. The number of nitrogens with zero attached hydrogens (tertiary/aromatic N) is 1. The van der Waals surface area contributed by atoms with E-state index < -0.39 is 17.8 Å². The highest BCUT2D eigenvalue weighted by atomic mass is 32.2. The van der Waals surface area contributed by atoms with Gasteiger partial charge in [-0.15, -0.1) is 11.8 Å². The van der Waals surface area contributed by atoms with Crippen LogP contribution in [0.1, 0.15) is 29.3 Å². The van der Waals surface area contributed by atoms with Gasteiger partial charge in [0.25, 0.3) is 5.91 Å². The molecule has 0 unspecified atom stereocenters. The number of ketones is 1. The highest BCUT2D eigenvalue weighted by molar-refractivity contribution is 8.00. The first-order valence-electron chi connectivity index (χ1n) is 7.31. The Kier molecular flexibility index (Phi) is 5.26. The molecule has 5 nitrogen and oxygen atoms in total. The molecule has 0 saturated heterocycles. The second-order valence-electron chi connectivity index (χ2n) is 5.38. The van der Waals surface area contributed by atoms with Gasteiger partial charge in [0.15, 0.2) is 5.78 Å². The number of hydrogen-bond donors (Lipinski definition) is 1. The average molecular weight is 333 g/mol. The SMILES string of the molecule is CCS[C@H]1C(C(=O)c2ccc(C)cc2)=C(CC(=O)O)C(=O)N1C. The molecule has 1 atom stereocenters. The van der Waals surface area contributed by atoms with Gasteiger partial charge in [0, 0.05) is 23.8 Å². The number of thioether (sulfide) groups is 1. The maximum atomic E-state index is 12.9. The zero-order valence-corrected chi connectivity index (χ0v) is 14.1. The van der Waals surface area contributed by atoms with Crippen LogP contribution in [0.3, 0.4) is 0 Å². The molecule has 0 bridgehead atoms. The van der Waals surface area contributed by atoms with E-state index in [2.05, 4.69) is 0 Å². The van der Waals surface area contributed by atoms with Gasteiger partial charge in [-0.25, -0.2) is 0 Å². The van der Waals surface area contributed by atoms with Crippen LogP contribution in [0.4, 0.5) is 0 Å². The Hall–Kier alpha value is -2.08. The number of carbonyl (C=O) groups is 3. The van der Waals surface area contributed by atoms with E-state index in [1.54, 1.807) is 19.2 Å². The molecule has 0 aliphatic carbocycles. The first kappa shape index (κ1) is 17.3. The fraction of sp³-hybridized carbons (Fsp3) is 0.353. The van der Waals surface area contributed by atoms with E-state index in [0.29, 0.717) is 16.9 Å². The van der Waals surface area contributed by atoms with Crippen LogP contribution in [-0.2, 0) is 9.59 Å². The topological polar surface area (TPSA) is 74.7 Å². The predicted molar refractivity (Wildman–Crippen MR) is 89.5 cm³/mol. The largest absolute Gasteiger partial charge is 0.481 e. The van der Waals surface area contributed by atoms with Gasteiger partial charge < -0.3 is 10.0 Å². The molecule has 1 heterocycles. The van der Waals surface area contributed by atoms with E-state index in [9.17, 15) is 14.4 Å². The number of aliphatic carboxylic acids is 1. The summed E-state index contributed by atoms with van der Waals surface area (Å²) >= 11 is 1.45. The van der Waals surface area contributed by atoms with Crippen molar-refractivity contribution in [3.63, 3.8) is 0 Å². The summed E-state index contributed by atoms with van der Waals surface area (Å²) in [6.07, 6.45) is -0.434. The van der Waals surface area contributed by atoms with E-state index in [-0.39, 0.29) is 17.3 Å². The molecule has 0 saturated carbocycles. The minimum Gasteiger partial charge on any atom is -0.481 e. The molecule has 1 N–H and O–H groups in total. The smallest absolute Gasteiger partial charge is 0.308 e. The number of hydrogen-bond acceptors (Lipinski definition) is 4. The highest BCUT2D eigenvalue weighted by Gasteiger charge is 2.41. The second-order valence-corrected chi connectivity index (χ2v) is 6.74. The lowest BCUT2D eigenvalue weighted by Crippen LogP contribution is -2.31. The monoisotopic (exact) mass is 333 g/mol. The fourth-order valence-corrected chi connectivity index (χ4v) is 3.61. The summed E-state index contributed by atoms with van der Waals surface area (Å²) < 4.78 is 0. The van der Waals surface area contributed by atoms with E-state index in [0.717, 1.165) is 5.56 Å². The third-order valence-electron chi connectivity index (χ3n) is 3.71. The van der Waals surface area contributed by atoms with Crippen LogP contribution in [0.25, 0.3) is 0 Å². The van der Waals surface area contributed by atoms with Crippen molar-refractivity contribution in [3.05, 3.63) is 46.5 Å². The number of carbonyl (C=O) groups excluding carboxylic acids is 2. The standard InChI is InChI=1S/C17H19NO4S/c1-4-23-17-14(12(9-13(19)20)16(22)18(17)3)15(21)11-7-5-10(2)6-8-11/h5-8,17H,4,9H2,1-3H3,(H,19,20)/t17-/m0/s1. The number of rotatable bonds is 6. The molecule has 1 aromatic rings. The molecule has 0 spiro atoms. The van der Waals surface area contributed by atoms with Crippen LogP contribution < -0.4 is 0 Å². The zero-order valence-electron chi connectivity index (χ0n) is 13.3. The summed E-state index contributed by atoms with van der Waals surface area (Å²) in [7, 11) is 1.60. The Morgan fingerprint density at radius 2 is 1.87 bits per heavy atom. The number of benzene rings is 1. The lowest BCUT2D eigenvalue weighted by atomic mass is 9.98. The maximum absolute atomic E-state index is 12.9. The van der Waals surface area contributed by atoms with Crippen molar-refractivity contribution < 1.29 is 19.5 Å². The summed E-state index contributed by atoms with van der Waals surface area (Å²) in [5.41, 5.74) is 1.89. The van der Waals surface area contributed by atoms with Crippen molar-refractivity contribution in [2.45, 2.75) is 25.6 Å². The van der Waals surface area contributed by atoms with Gasteiger partial charge in [-0.1, -0.05) is 36.8 Å². The van der Waals surface area contributed by atoms with Crippen molar-refractivity contribution in [3.8, 4) is 0 Å². The second kappa shape index (κ2) is 7.00. The lowest BCUT2D eigenvalue weighted by molar-refractivity contribution is -0.137. The van der Waals surface area contributed by atoms with E-state index in [1.165, 1.54) is 16.7 Å². The van der Waals surface area contributed by atoms with Crippen LogP contribution in [0, 0.1) is 6.92 Å². The minimum atomic E-state index is -1.11. The Morgan fingerprint density at radius 1 is 1.26 bits per heavy atom. The normalized spacial score (nSPS) is 17.8. The van der Waals surface area contributed by atoms with Gasteiger partial charge in [0.2, 0.25) is 0 Å². The van der Waals surface area contributed by atoms with E-state index in [1.807, 2.05) is 26.0 Å². The lowest BCUT2D eigenvalue weighted by Gasteiger charge is -2.21. The summed E-state index contributed by atoms with van der Waals surface area (Å²) in [5, 5.41) is 8.64. The fourth-order valence-electron chi connectivity index (χ4n) is 2.56. The summed E-state index contributed by atoms with van der Waals surface area (Å²) in [6, 6.07) is 7.07. The van der Waals surface area contributed by atoms with Gasteiger partial charge in [0.05, 0.1) is 6.42 Å². The third kappa shape index (κ3) is 3.47. The van der Waals surface area contributed by atoms with Gasteiger partial charge in [-0.05, 0) is 12.7 Å². The number of carboxylic acid groups (broad SMARTS) is 1. The first-order valence-corrected chi connectivity index (χ1v) is 8.36. The van der Waals surface area contributed by atoms with Crippen molar-refractivity contribution in [2.75, 3.05) is 12.8 Å². The molecule has 6 heteroatoms. The molecule has 0 fully saturated rings. The molecule has 2 rings (SSSR count). The Balaban J connectivity index is 2.51. The number of Topliss-reactive ketones (excluding diaryl/α,β-unsaturated/α-hetero) is 1. The number of carboxylic acids is 1. The van der Waals surface area contributed by atoms with Gasteiger partial charge in [-0.3, -0.25) is 14.4 Å². The van der Waals surface area contributed by atoms with Crippen LogP contribution in [-0.4, -0.2) is 45.8 Å². The average Bonchev–Trinajstić information content (AvgIpc) is 2.72. The van der Waals surface area contributed by atoms with Crippen LogP contribution in [0.5, 0.6) is 0 Å². The Labute approximate surface area is 139 Å². The van der Waals surface area contributed by atoms with Gasteiger partial charge in [0.1, 0.15) is 5.37 Å². The van der Waals surface area contributed by atoms with Crippen molar-refractivity contribution in [1.29, 1.82) is 0 Å². The molecule has 0 radical (unpaired) electrons. The summed E-state index contributed by atoms with van der Waals surface area (Å²) in [6.45, 7) is 3.86. The van der Waals surface area contributed by atoms with Gasteiger partial charge >= 0.3 is 5.97 Å². The van der Waals surface area contributed by atoms with Crippen LogP contribution in [0.2, 0.25) is 0 Å². The molecule has 1 aliphatic heterocycles. The number of aryl methyl sites for hydroxylation is 1. The van der Waals surface area contributed by atoms with Crippen molar-refractivity contribution in [2.24, 2.45) is 0 Å². The van der Waals surface area contributed by atoms with E-state index >= 15 is 0 Å².